The molecule has 0 aliphatic heterocycles. The second-order valence-corrected chi connectivity index (χ2v) is 7.41. The van der Waals surface area contributed by atoms with Crippen LogP contribution in [0, 0.1) is 5.82 Å². The average Bonchev–Trinajstić information content (AvgIpc) is 3.14. The van der Waals surface area contributed by atoms with Crippen molar-refractivity contribution in [1.29, 1.82) is 0 Å². The van der Waals surface area contributed by atoms with Crippen molar-refractivity contribution in [1.82, 2.24) is 20.5 Å². The molecule has 0 aliphatic rings. The minimum Gasteiger partial charge on any atom is -0.361 e. The molecule has 3 N–H and O–H groups in total. The van der Waals surface area contributed by atoms with Crippen molar-refractivity contribution in [3.8, 4) is 0 Å². The summed E-state index contributed by atoms with van der Waals surface area (Å²) in [5.74, 6) is 0.238. The minimum atomic E-state index is -0.251. The maximum atomic E-state index is 13.6. The fourth-order valence-electron chi connectivity index (χ4n) is 3.14. The van der Waals surface area contributed by atoms with E-state index in [1.807, 2.05) is 43.5 Å². The summed E-state index contributed by atoms with van der Waals surface area (Å²) in [5.41, 5.74) is 3.06. The molecule has 1 unspecified atom stereocenters. The lowest BCUT2D eigenvalue weighted by Crippen LogP contribution is -2.40. The van der Waals surface area contributed by atoms with Gasteiger partial charge in [-0.05, 0) is 42.7 Å². The van der Waals surface area contributed by atoms with E-state index in [4.69, 9.17) is 0 Å². The highest BCUT2D eigenvalue weighted by Gasteiger charge is 2.10. The Kier molecular flexibility index (Phi) is 9.29. The molecule has 0 aliphatic carbocycles. The predicted octanol–water partition coefficient (Wildman–Crippen LogP) is 3.85. The average molecular weight is 537 g/mol. The monoisotopic (exact) mass is 537 g/mol. The van der Waals surface area contributed by atoms with E-state index in [-0.39, 0.29) is 48.3 Å². The summed E-state index contributed by atoms with van der Waals surface area (Å²) in [6, 6.07) is 14.8. The van der Waals surface area contributed by atoms with Gasteiger partial charge in [-0.2, -0.15) is 0 Å². The van der Waals surface area contributed by atoms with Gasteiger partial charge in [-0.3, -0.25) is 4.79 Å². The number of hydrogen-bond acceptors (Lipinski definition) is 2. The van der Waals surface area contributed by atoms with Gasteiger partial charge in [-0.1, -0.05) is 30.3 Å². The van der Waals surface area contributed by atoms with E-state index in [2.05, 4.69) is 20.6 Å². The zero-order valence-corrected chi connectivity index (χ0v) is 20.3. The van der Waals surface area contributed by atoms with Gasteiger partial charge in [0.1, 0.15) is 12.4 Å². The first-order valence-corrected chi connectivity index (χ1v) is 9.99. The highest BCUT2D eigenvalue weighted by atomic mass is 127. The Balaban J connectivity index is 0.00000341. The summed E-state index contributed by atoms with van der Waals surface area (Å²) in [6.45, 7) is 2.69. The second kappa shape index (κ2) is 11.7. The van der Waals surface area contributed by atoms with E-state index < -0.39 is 0 Å². The van der Waals surface area contributed by atoms with Crippen LogP contribution in [0.15, 0.2) is 59.7 Å². The van der Waals surface area contributed by atoms with Gasteiger partial charge in [0.15, 0.2) is 5.96 Å². The number of halogens is 2. The molecule has 6 nitrogen and oxygen atoms in total. The number of aliphatic imine (C=N–C) groups is 1. The number of H-pyrrole nitrogens is 1. The number of likely N-dealkylation sites (N-methyl/N-ethyl adjacent to an activating group) is 1. The molecule has 0 bridgehead atoms. The van der Waals surface area contributed by atoms with Crippen molar-refractivity contribution in [2.45, 2.75) is 19.4 Å². The molecule has 1 heterocycles. The maximum absolute atomic E-state index is 13.6. The van der Waals surface area contributed by atoms with Crippen LogP contribution in [0.25, 0.3) is 10.9 Å². The Hall–Kier alpha value is -2.62. The first-order valence-electron chi connectivity index (χ1n) is 9.99. The summed E-state index contributed by atoms with van der Waals surface area (Å²) < 4.78 is 13.6. The molecule has 8 heteroatoms. The molecular formula is C23H29FIN5O. The zero-order valence-electron chi connectivity index (χ0n) is 18.0. The molecule has 31 heavy (non-hydrogen) atoms. The molecule has 0 saturated carbocycles. The van der Waals surface area contributed by atoms with Gasteiger partial charge in [0.05, 0.1) is 6.04 Å². The van der Waals surface area contributed by atoms with Gasteiger partial charge >= 0.3 is 0 Å². The van der Waals surface area contributed by atoms with E-state index >= 15 is 0 Å². The van der Waals surface area contributed by atoms with Crippen molar-refractivity contribution in [2.75, 3.05) is 27.2 Å². The molecule has 1 atom stereocenters. The number of guanidine groups is 1. The molecule has 0 saturated heterocycles. The van der Waals surface area contributed by atoms with Crippen molar-refractivity contribution in [3.63, 3.8) is 0 Å². The summed E-state index contributed by atoms with van der Waals surface area (Å²) >= 11 is 0. The predicted molar refractivity (Wildman–Crippen MR) is 134 cm³/mol. The quantitative estimate of drug-likeness (QED) is 0.244. The van der Waals surface area contributed by atoms with Gasteiger partial charge in [0, 0.05) is 37.7 Å². The number of benzene rings is 2. The molecule has 3 rings (SSSR count). The number of hydrogen-bond donors (Lipinski definition) is 3. The third kappa shape index (κ3) is 6.95. The normalized spacial score (nSPS) is 12.2. The standard InChI is InChI=1S/C23H28FN5O.HI/c1-16(17-7-5-4-6-8-17)28-23(27-15-22(30)29(2)3)25-12-11-18-14-26-21-10-9-19(24)13-20(18)21;/h4-10,13-14,16,26H,11-12,15H2,1-3H3,(H2,25,27,28);1H. The van der Waals surface area contributed by atoms with Crippen LogP contribution in [0.5, 0.6) is 0 Å². The molecule has 166 valence electrons. The van der Waals surface area contributed by atoms with E-state index in [1.165, 1.54) is 11.0 Å². The van der Waals surface area contributed by atoms with E-state index in [0.717, 1.165) is 22.0 Å². The molecular weight excluding hydrogens is 508 g/mol. The number of aromatic nitrogens is 1. The molecule has 0 spiro atoms. The van der Waals surface area contributed by atoms with E-state index in [0.29, 0.717) is 18.9 Å². The molecule has 0 radical (unpaired) electrons. The number of rotatable bonds is 7. The fourth-order valence-corrected chi connectivity index (χ4v) is 3.14. The van der Waals surface area contributed by atoms with Crippen LogP contribution < -0.4 is 10.6 Å². The number of carbonyl (C=O) groups is 1. The Morgan fingerprint density at radius 1 is 1.19 bits per heavy atom. The van der Waals surface area contributed by atoms with E-state index in [1.54, 1.807) is 26.2 Å². The Morgan fingerprint density at radius 3 is 2.65 bits per heavy atom. The van der Waals surface area contributed by atoms with Gasteiger partial charge in [0.2, 0.25) is 5.91 Å². The number of nitrogens with one attached hydrogen (secondary N) is 3. The van der Waals surface area contributed by atoms with Crippen molar-refractivity contribution < 1.29 is 9.18 Å². The Bertz CT molecular complexity index is 1020. The first-order chi connectivity index (χ1) is 14.4. The van der Waals surface area contributed by atoms with Crippen LogP contribution in [0.1, 0.15) is 24.1 Å². The Morgan fingerprint density at radius 2 is 1.94 bits per heavy atom. The van der Waals surface area contributed by atoms with E-state index in [9.17, 15) is 9.18 Å². The van der Waals surface area contributed by atoms with Crippen LogP contribution in [-0.2, 0) is 11.2 Å². The molecule has 2 aromatic carbocycles. The van der Waals surface area contributed by atoms with Crippen LogP contribution >= 0.6 is 24.0 Å². The van der Waals surface area contributed by atoms with Gasteiger partial charge in [0.25, 0.3) is 0 Å². The largest absolute Gasteiger partial charge is 0.361 e. The summed E-state index contributed by atoms with van der Waals surface area (Å²) in [4.78, 5) is 21.1. The van der Waals surface area contributed by atoms with Crippen LogP contribution in [0.4, 0.5) is 4.39 Å². The van der Waals surface area contributed by atoms with Crippen LogP contribution in [0.2, 0.25) is 0 Å². The molecule has 3 aromatic rings. The smallest absolute Gasteiger partial charge is 0.243 e. The van der Waals surface area contributed by atoms with Gasteiger partial charge < -0.3 is 20.5 Å². The lowest BCUT2D eigenvalue weighted by atomic mass is 10.1. The summed E-state index contributed by atoms with van der Waals surface area (Å²) in [5, 5.41) is 7.53. The number of fused-ring (bicyclic) bond motifs is 1. The zero-order chi connectivity index (χ0) is 21.5. The third-order valence-electron chi connectivity index (χ3n) is 4.94. The molecule has 1 amide bonds. The van der Waals surface area contributed by atoms with Crippen molar-refractivity contribution >= 4 is 46.7 Å². The number of nitrogens with zero attached hydrogens (tertiary/aromatic N) is 2. The van der Waals surface area contributed by atoms with Gasteiger partial charge in [-0.15, -0.1) is 24.0 Å². The van der Waals surface area contributed by atoms with Crippen molar-refractivity contribution in [2.24, 2.45) is 4.99 Å². The highest BCUT2D eigenvalue weighted by Crippen LogP contribution is 2.19. The lowest BCUT2D eigenvalue weighted by Gasteiger charge is -2.19. The third-order valence-corrected chi connectivity index (χ3v) is 4.94. The maximum Gasteiger partial charge on any atom is 0.243 e. The van der Waals surface area contributed by atoms with Crippen molar-refractivity contribution in [3.05, 3.63) is 71.7 Å². The van der Waals surface area contributed by atoms with Crippen LogP contribution in [0.3, 0.4) is 0 Å². The SMILES string of the molecule is CC(NC(=NCC(=O)N(C)C)NCCc1c[nH]c2ccc(F)cc12)c1ccccc1.I. The molecule has 0 fully saturated rings. The summed E-state index contributed by atoms with van der Waals surface area (Å²) in [7, 11) is 3.42. The number of carbonyl (C=O) groups excluding carboxylic acids is 1. The topological polar surface area (TPSA) is 72.5 Å². The highest BCUT2D eigenvalue weighted by molar-refractivity contribution is 14.0. The Labute approximate surface area is 199 Å². The summed E-state index contributed by atoms with van der Waals surface area (Å²) in [6.07, 6.45) is 2.59. The van der Waals surface area contributed by atoms with Crippen LogP contribution in [-0.4, -0.2) is 48.9 Å². The fraction of sp³-hybridized carbons (Fsp3) is 0.304. The number of aromatic amines is 1. The number of amides is 1. The molecule has 1 aromatic heterocycles. The second-order valence-electron chi connectivity index (χ2n) is 7.41. The first kappa shape index (κ1) is 24.6. The lowest BCUT2D eigenvalue weighted by molar-refractivity contribution is -0.127. The van der Waals surface area contributed by atoms with Gasteiger partial charge in [-0.25, -0.2) is 9.38 Å². The minimum absolute atomic E-state index is 0.